The van der Waals surface area contributed by atoms with Crippen LogP contribution in [0.3, 0.4) is 0 Å². The topological polar surface area (TPSA) is 98.5 Å². The van der Waals surface area contributed by atoms with E-state index in [1.54, 1.807) is 11.4 Å². The zero-order chi connectivity index (χ0) is 18.7. The Labute approximate surface area is 150 Å². The van der Waals surface area contributed by atoms with Gasteiger partial charge in [-0.25, -0.2) is 9.50 Å². The van der Waals surface area contributed by atoms with Crippen LogP contribution in [0.1, 0.15) is 37.7 Å². The van der Waals surface area contributed by atoms with Crippen LogP contribution in [0.4, 0.5) is 0 Å². The molecule has 0 aromatic carbocycles. The number of ether oxygens (including phenoxy) is 1. The van der Waals surface area contributed by atoms with Gasteiger partial charge in [-0.2, -0.15) is 4.98 Å². The first-order chi connectivity index (χ1) is 11.7. The number of carbonyl (C=O) groups is 2. The fourth-order valence-corrected chi connectivity index (χ4v) is 2.71. The first-order valence-corrected chi connectivity index (χ1v) is 9.22. The number of fused-ring (bicyclic) bond motifs is 1. The standard InChI is InChI=1S/C16H23N5O3S/c1-8(2)17-14(23)11(5)24-13(22)7-12-9(3)18-15-19-16(25-6)20-21(15)10(12)4/h8,11H,7H2,1-6H3,(H,17,23). The van der Waals surface area contributed by atoms with E-state index in [1.807, 2.05) is 34.0 Å². The Morgan fingerprint density at radius 2 is 1.92 bits per heavy atom. The molecule has 1 atom stereocenters. The first kappa shape index (κ1) is 19.2. The van der Waals surface area contributed by atoms with Gasteiger partial charge in [-0.05, 0) is 40.9 Å². The summed E-state index contributed by atoms with van der Waals surface area (Å²) >= 11 is 1.43. The third-order valence-corrected chi connectivity index (χ3v) is 4.18. The summed E-state index contributed by atoms with van der Waals surface area (Å²) in [6, 6.07) is -0.0114. The molecule has 1 N–H and O–H groups in total. The van der Waals surface area contributed by atoms with Crippen LogP contribution in [0.5, 0.6) is 0 Å². The summed E-state index contributed by atoms with van der Waals surface area (Å²) in [6.45, 7) is 8.93. The molecule has 1 amide bonds. The number of amides is 1. The highest BCUT2D eigenvalue weighted by atomic mass is 32.2. The van der Waals surface area contributed by atoms with Crippen LogP contribution < -0.4 is 5.32 Å². The second kappa shape index (κ2) is 7.81. The van der Waals surface area contributed by atoms with Crippen molar-refractivity contribution >= 4 is 29.4 Å². The number of aryl methyl sites for hydroxylation is 2. The Morgan fingerprint density at radius 3 is 2.52 bits per heavy atom. The van der Waals surface area contributed by atoms with E-state index in [9.17, 15) is 9.59 Å². The zero-order valence-electron chi connectivity index (χ0n) is 15.3. The molecule has 25 heavy (non-hydrogen) atoms. The average molecular weight is 365 g/mol. The smallest absolute Gasteiger partial charge is 0.311 e. The van der Waals surface area contributed by atoms with E-state index in [2.05, 4.69) is 20.4 Å². The molecule has 0 aliphatic carbocycles. The van der Waals surface area contributed by atoms with E-state index in [4.69, 9.17) is 4.74 Å². The van der Waals surface area contributed by atoms with Gasteiger partial charge in [-0.3, -0.25) is 9.59 Å². The molecule has 0 bridgehead atoms. The Bertz CT molecular complexity index is 803. The number of nitrogens with zero attached hydrogens (tertiary/aromatic N) is 4. The van der Waals surface area contributed by atoms with Crippen molar-refractivity contribution in [2.45, 2.75) is 58.3 Å². The number of aromatic nitrogens is 4. The Kier molecular flexibility index (Phi) is 5.99. The monoisotopic (exact) mass is 365 g/mol. The predicted octanol–water partition coefficient (Wildman–Crippen LogP) is 1.46. The van der Waals surface area contributed by atoms with Crippen LogP contribution in [-0.4, -0.2) is 49.9 Å². The highest BCUT2D eigenvalue weighted by Crippen LogP contribution is 2.17. The minimum Gasteiger partial charge on any atom is -0.452 e. The summed E-state index contributed by atoms with van der Waals surface area (Å²) in [6.07, 6.45) is 1.06. The molecule has 1 unspecified atom stereocenters. The summed E-state index contributed by atoms with van der Waals surface area (Å²) in [4.78, 5) is 32.8. The molecule has 0 saturated heterocycles. The predicted molar refractivity (Wildman–Crippen MR) is 94.6 cm³/mol. The fourth-order valence-electron chi connectivity index (χ4n) is 2.37. The van der Waals surface area contributed by atoms with Crippen LogP contribution in [0.2, 0.25) is 0 Å². The van der Waals surface area contributed by atoms with Gasteiger partial charge >= 0.3 is 5.97 Å². The average Bonchev–Trinajstić information content (AvgIpc) is 2.93. The number of carbonyl (C=O) groups excluding carboxylic acids is 2. The van der Waals surface area contributed by atoms with E-state index in [0.717, 1.165) is 11.3 Å². The molecule has 0 fully saturated rings. The van der Waals surface area contributed by atoms with Gasteiger partial charge < -0.3 is 10.1 Å². The minimum atomic E-state index is -0.846. The number of hydrogen-bond acceptors (Lipinski definition) is 7. The second-order valence-electron chi connectivity index (χ2n) is 6.04. The van der Waals surface area contributed by atoms with Crippen LogP contribution in [-0.2, 0) is 20.7 Å². The maximum Gasteiger partial charge on any atom is 0.311 e. The molecular weight excluding hydrogens is 342 g/mol. The van der Waals surface area contributed by atoms with E-state index >= 15 is 0 Å². The van der Waals surface area contributed by atoms with Gasteiger partial charge in [0.15, 0.2) is 6.10 Å². The van der Waals surface area contributed by atoms with E-state index < -0.39 is 12.1 Å². The van der Waals surface area contributed by atoms with Gasteiger partial charge in [0.2, 0.25) is 5.16 Å². The van der Waals surface area contributed by atoms with Crippen molar-refractivity contribution in [1.82, 2.24) is 24.9 Å². The van der Waals surface area contributed by atoms with Crippen LogP contribution >= 0.6 is 11.8 Å². The Morgan fingerprint density at radius 1 is 1.24 bits per heavy atom. The lowest BCUT2D eigenvalue weighted by molar-refractivity contribution is -0.154. The SMILES string of the molecule is CSc1nc2nc(C)c(CC(=O)OC(C)C(=O)NC(C)C)c(C)n2n1. The number of hydrogen-bond donors (Lipinski definition) is 1. The Hall–Kier alpha value is -2.16. The third-order valence-electron chi connectivity index (χ3n) is 3.64. The van der Waals surface area contributed by atoms with Crippen molar-refractivity contribution in [2.75, 3.05) is 6.26 Å². The largest absolute Gasteiger partial charge is 0.452 e. The van der Waals surface area contributed by atoms with Gasteiger partial charge in [-0.1, -0.05) is 11.8 Å². The first-order valence-electron chi connectivity index (χ1n) is 7.99. The molecule has 9 heteroatoms. The second-order valence-corrected chi connectivity index (χ2v) is 6.82. The van der Waals surface area contributed by atoms with Gasteiger partial charge in [0.25, 0.3) is 11.7 Å². The van der Waals surface area contributed by atoms with Crippen LogP contribution in [0, 0.1) is 13.8 Å². The molecule has 0 saturated carbocycles. The molecule has 0 spiro atoms. The van der Waals surface area contributed by atoms with Crippen molar-refractivity contribution in [3.63, 3.8) is 0 Å². The number of rotatable bonds is 6. The van der Waals surface area contributed by atoms with Crippen molar-refractivity contribution < 1.29 is 14.3 Å². The summed E-state index contributed by atoms with van der Waals surface area (Å²) in [5, 5.41) is 7.69. The van der Waals surface area contributed by atoms with Crippen molar-refractivity contribution in [1.29, 1.82) is 0 Å². The van der Waals surface area contributed by atoms with Gasteiger partial charge in [-0.15, -0.1) is 5.10 Å². The summed E-state index contributed by atoms with van der Waals surface area (Å²) < 4.78 is 6.86. The van der Waals surface area contributed by atoms with Gasteiger partial charge in [0.05, 0.1) is 6.42 Å². The molecule has 2 aromatic rings. The molecule has 2 aromatic heterocycles. The zero-order valence-corrected chi connectivity index (χ0v) is 16.1. The normalized spacial score (nSPS) is 12.4. The minimum absolute atomic E-state index is 0.0114. The fraction of sp³-hybridized carbons (Fsp3) is 0.562. The summed E-state index contributed by atoms with van der Waals surface area (Å²) in [7, 11) is 0. The number of esters is 1. The van der Waals surface area contributed by atoms with Crippen LogP contribution in [0.25, 0.3) is 5.78 Å². The number of thioether (sulfide) groups is 1. The summed E-state index contributed by atoms with van der Waals surface area (Å²) in [5.41, 5.74) is 2.21. The lowest BCUT2D eigenvalue weighted by Gasteiger charge is -2.16. The highest BCUT2D eigenvalue weighted by molar-refractivity contribution is 7.98. The molecule has 2 heterocycles. The van der Waals surface area contributed by atoms with Crippen molar-refractivity contribution in [3.05, 3.63) is 17.0 Å². The maximum absolute atomic E-state index is 12.2. The highest BCUT2D eigenvalue weighted by Gasteiger charge is 2.21. The van der Waals surface area contributed by atoms with Gasteiger partial charge in [0, 0.05) is 23.0 Å². The Balaban J connectivity index is 2.16. The van der Waals surface area contributed by atoms with E-state index in [1.165, 1.54) is 11.8 Å². The quantitative estimate of drug-likeness (QED) is 0.611. The molecule has 0 radical (unpaired) electrons. The lowest BCUT2D eigenvalue weighted by atomic mass is 10.1. The third kappa shape index (κ3) is 4.47. The molecule has 8 nitrogen and oxygen atoms in total. The summed E-state index contributed by atoms with van der Waals surface area (Å²) in [5.74, 6) is -0.295. The van der Waals surface area contributed by atoms with E-state index in [0.29, 0.717) is 16.6 Å². The number of nitrogens with one attached hydrogen (secondary N) is 1. The molecule has 2 rings (SSSR count). The maximum atomic E-state index is 12.2. The van der Waals surface area contributed by atoms with E-state index in [-0.39, 0.29) is 18.4 Å². The lowest BCUT2D eigenvalue weighted by Crippen LogP contribution is -2.39. The van der Waals surface area contributed by atoms with Gasteiger partial charge in [0.1, 0.15) is 0 Å². The van der Waals surface area contributed by atoms with Crippen LogP contribution in [0.15, 0.2) is 5.16 Å². The molecule has 0 aliphatic rings. The van der Waals surface area contributed by atoms with Crippen molar-refractivity contribution in [3.8, 4) is 0 Å². The van der Waals surface area contributed by atoms with Crippen molar-refractivity contribution in [2.24, 2.45) is 0 Å². The molecule has 0 aliphatic heterocycles. The molecule has 136 valence electrons. The molecular formula is C16H23N5O3S.